The predicted octanol–water partition coefficient (Wildman–Crippen LogP) is 4.88. The van der Waals surface area contributed by atoms with Gasteiger partial charge in [-0.2, -0.15) is 0 Å². The van der Waals surface area contributed by atoms with E-state index in [1.807, 2.05) is 32.0 Å². The molecule has 2 atom stereocenters. The highest BCUT2D eigenvalue weighted by Crippen LogP contribution is 2.37. The summed E-state index contributed by atoms with van der Waals surface area (Å²) in [5.41, 5.74) is 2.27. The number of hydrogen-bond acceptors (Lipinski definition) is 5. The molecule has 4 rings (SSSR count). The molecule has 184 valence electrons. The number of carbonyl (C=O) groups excluding carboxylic acids is 1. The molecule has 7 nitrogen and oxygen atoms in total. The van der Waals surface area contributed by atoms with Gasteiger partial charge in [0.1, 0.15) is 11.5 Å². The van der Waals surface area contributed by atoms with Crippen LogP contribution in [0.2, 0.25) is 5.02 Å². The van der Waals surface area contributed by atoms with E-state index in [-0.39, 0.29) is 17.5 Å². The van der Waals surface area contributed by atoms with Crippen LogP contribution in [0.1, 0.15) is 30.5 Å². The first-order valence-electron chi connectivity index (χ1n) is 11.2. The lowest BCUT2D eigenvalue weighted by atomic mass is 10.0. The van der Waals surface area contributed by atoms with Crippen LogP contribution in [-0.2, 0) is 14.8 Å². The monoisotopic (exact) mass is 514 g/mol. The number of methoxy groups -OCH3 is 1. The quantitative estimate of drug-likeness (QED) is 0.485. The van der Waals surface area contributed by atoms with Gasteiger partial charge in [0, 0.05) is 5.02 Å². The summed E-state index contributed by atoms with van der Waals surface area (Å²) in [6.45, 7) is 3.75. The number of para-hydroxylation sites is 2. The molecule has 0 radical (unpaired) electrons. The van der Waals surface area contributed by atoms with Gasteiger partial charge in [-0.3, -0.25) is 9.10 Å². The fraction of sp³-hybridized carbons (Fsp3) is 0.269. The lowest BCUT2D eigenvalue weighted by Crippen LogP contribution is -2.51. The SMILES string of the molecule is CC[C@@H](NC(=O)[C@@H]1CN(S(=O)(=O)c2ccc(Cl)cc2)c2ccccc2O1)c1ccc(OC)c(C)c1. The number of rotatable bonds is 7. The van der Waals surface area contributed by atoms with Crippen molar-refractivity contribution in [2.24, 2.45) is 0 Å². The normalized spacial score (nSPS) is 16.1. The summed E-state index contributed by atoms with van der Waals surface area (Å²) in [4.78, 5) is 13.4. The number of hydrogen-bond donors (Lipinski definition) is 1. The van der Waals surface area contributed by atoms with Crippen LogP contribution in [0.25, 0.3) is 0 Å². The summed E-state index contributed by atoms with van der Waals surface area (Å²) in [6.07, 6.45) is -0.381. The maximum Gasteiger partial charge on any atom is 0.264 e. The molecule has 1 heterocycles. The molecule has 0 unspecified atom stereocenters. The number of halogens is 1. The molecule has 1 aliphatic rings. The highest BCUT2D eigenvalue weighted by Gasteiger charge is 2.38. The fourth-order valence-electron chi connectivity index (χ4n) is 4.10. The second-order valence-corrected chi connectivity index (χ2v) is 10.6. The number of ether oxygens (including phenoxy) is 2. The van der Waals surface area contributed by atoms with Gasteiger partial charge in [0.25, 0.3) is 15.9 Å². The van der Waals surface area contributed by atoms with Gasteiger partial charge in [-0.05, 0) is 66.9 Å². The molecule has 3 aromatic rings. The Morgan fingerprint density at radius 1 is 1.17 bits per heavy atom. The van der Waals surface area contributed by atoms with Gasteiger partial charge in [0.2, 0.25) is 0 Å². The predicted molar refractivity (Wildman–Crippen MR) is 136 cm³/mol. The average Bonchev–Trinajstić information content (AvgIpc) is 2.86. The van der Waals surface area contributed by atoms with Crippen LogP contribution in [0.5, 0.6) is 11.5 Å². The molecule has 0 saturated heterocycles. The van der Waals surface area contributed by atoms with Crippen molar-refractivity contribution in [1.82, 2.24) is 5.32 Å². The van der Waals surface area contributed by atoms with Crippen molar-refractivity contribution in [2.75, 3.05) is 18.0 Å². The number of nitrogens with zero attached hydrogens (tertiary/aromatic N) is 1. The van der Waals surface area contributed by atoms with E-state index in [1.54, 1.807) is 31.4 Å². The molecule has 0 bridgehead atoms. The Kier molecular flexibility index (Phi) is 7.23. The fourth-order valence-corrected chi connectivity index (χ4v) is 5.71. The minimum absolute atomic E-state index is 0.0814. The summed E-state index contributed by atoms with van der Waals surface area (Å²) in [5, 5.41) is 3.46. The number of aryl methyl sites for hydroxylation is 1. The number of sulfonamides is 1. The largest absolute Gasteiger partial charge is 0.496 e. The third kappa shape index (κ3) is 5.09. The number of anilines is 1. The summed E-state index contributed by atoms with van der Waals surface area (Å²) < 4.78 is 39.5. The average molecular weight is 515 g/mol. The van der Waals surface area contributed by atoms with Crippen molar-refractivity contribution in [3.63, 3.8) is 0 Å². The third-order valence-electron chi connectivity index (χ3n) is 5.97. The number of amides is 1. The van der Waals surface area contributed by atoms with Crippen LogP contribution in [0.15, 0.2) is 71.6 Å². The highest BCUT2D eigenvalue weighted by atomic mass is 35.5. The Morgan fingerprint density at radius 2 is 1.89 bits per heavy atom. The van der Waals surface area contributed by atoms with E-state index in [0.29, 0.717) is 22.9 Å². The molecule has 35 heavy (non-hydrogen) atoms. The Labute approximate surface area is 210 Å². The van der Waals surface area contributed by atoms with Gasteiger partial charge < -0.3 is 14.8 Å². The summed E-state index contributed by atoms with van der Waals surface area (Å²) in [7, 11) is -2.34. The lowest BCUT2D eigenvalue weighted by molar-refractivity contribution is -0.128. The Morgan fingerprint density at radius 3 is 2.54 bits per heavy atom. The minimum Gasteiger partial charge on any atom is -0.496 e. The maximum atomic E-state index is 13.5. The van der Waals surface area contributed by atoms with Crippen molar-refractivity contribution in [1.29, 1.82) is 0 Å². The van der Waals surface area contributed by atoms with E-state index in [9.17, 15) is 13.2 Å². The molecule has 1 amide bonds. The zero-order chi connectivity index (χ0) is 25.2. The number of benzene rings is 3. The van der Waals surface area contributed by atoms with Crippen LogP contribution < -0.4 is 19.1 Å². The number of fused-ring (bicyclic) bond motifs is 1. The standard InChI is InChI=1S/C26H27ClN2O5S/c1-4-21(18-9-14-23(33-3)17(2)15-18)28-26(30)25-16-29(22-7-5-6-8-24(22)34-25)35(31,32)20-12-10-19(27)11-13-20/h5-15,21,25H,4,16H2,1-3H3,(H,28,30)/t21-,25+/m1/s1. The van der Waals surface area contributed by atoms with Gasteiger partial charge in [0.15, 0.2) is 6.10 Å². The van der Waals surface area contributed by atoms with Gasteiger partial charge in [-0.1, -0.05) is 42.8 Å². The Bertz CT molecular complexity index is 1330. The third-order valence-corrected chi connectivity index (χ3v) is 8.02. The molecule has 1 N–H and O–H groups in total. The van der Waals surface area contributed by atoms with Crippen molar-refractivity contribution < 1.29 is 22.7 Å². The van der Waals surface area contributed by atoms with E-state index in [2.05, 4.69) is 5.32 Å². The first-order valence-corrected chi connectivity index (χ1v) is 13.0. The first-order chi connectivity index (χ1) is 16.7. The lowest BCUT2D eigenvalue weighted by Gasteiger charge is -2.35. The van der Waals surface area contributed by atoms with E-state index in [1.165, 1.54) is 28.6 Å². The number of carbonyl (C=O) groups is 1. The Balaban J connectivity index is 1.61. The molecular formula is C26H27ClN2O5S. The van der Waals surface area contributed by atoms with Gasteiger partial charge in [-0.25, -0.2) is 8.42 Å². The molecular weight excluding hydrogens is 488 g/mol. The minimum atomic E-state index is -3.96. The molecule has 0 saturated carbocycles. The van der Waals surface area contributed by atoms with Crippen molar-refractivity contribution in [3.8, 4) is 11.5 Å². The Hall–Kier alpha value is -3.23. The van der Waals surface area contributed by atoms with Crippen LogP contribution in [-0.4, -0.2) is 34.1 Å². The molecule has 0 fully saturated rings. The molecule has 0 spiro atoms. The van der Waals surface area contributed by atoms with Crippen LogP contribution in [0.3, 0.4) is 0 Å². The van der Waals surface area contributed by atoms with Crippen LogP contribution in [0.4, 0.5) is 5.69 Å². The van der Waals surface area contributed by atoms with Gasteiger partial charge in [0.05, 0.1) is 30.3 Å². The summed E-state index contributed by atoms with van der Waals surface area (Å²) >= 11 is 5.94. The van der Waals surface area contributed by atoms with Crippen molar-refractivity contribution in [3.05, 3.63) is 82.9 Å². The smallest absolute Gasteiger partial charge is 0.264 e. The van der Waals surface area contributed by atoms with Gasteiger partial charge in [-0.15, -0.1) is 0 Å². The van der Waals surface area contributed by atoms with Crippen LogP contribution in [0, 0.1) is 6.92 Å². The second-order valence-electron chi connectivity index (χ2n) is 8.26. The van der Waals surface area contributed by atoms with E-state index < -0.39 is 22.0 Å². The zero-order valence-corrected chi connectivity index (χ0v) is 21.3. The molecule has 3 aromatic carbocycles. The summed E-state index contributed by atoms with van der Waals surface area (Å²) in [6, 6.07) is 18.2. The highest BCUT2D eigenvalue weighted by molar-refractivity contribution is 7.92. The maximum absolute atomic E-state index is 13.5. The van der Waals surface area contributed by atoms with Gasteiger partial charge >= 0.3 is 0 Å². The van der Waals surface area contributed by atoms with E-state index >= 15 is 0 Å². The molecule has 0 aliphatic carbocycles. The molecule has 9 heteroatoms. The number of nitrogens with one attached hydrogen (secondary N) is 1. The molecule has 1 aliphatic heterocycles. The van der Waals surface area contributed by atoms with E-state index in [0.717, 1.165) is 16.9 Å². The van der Waals surface area contributed by atoms with Crippen LogP contribution >= 0.6 is 11.6 Å². The first kappa shape index (κ1) is 24.9. The van der Waals surface area contributed by atoms with Crippen molar-refractivity contribution in [2.45, 2.75) is 37.3 Å². The zero-order valence-electron chi connectivity index (χ0n) is 19.7. The van der Waals surface area contributed by atoms with Crippen molar-refractivity contribution >= 4 is 33.2 Å². The summed E-state index contributed by atoms with van der Waals surface area (Å²) in [5.74, 6) is 0.700. The van der Waals surface area contributed by atoms with E-state index in [4.69, 9.17) is 21.1 Å². The molecule has 0 aromatic heterocycles. The topological polar surface area (TPSA) is 84.9 Å². The second kappa shape index (κ2) is 10.2.